The molecular formula is C21H23N3O5S. The normalized spacial score (nSPS) is 13.9. The number of thiazole rings is 1. The summed E-state index contributed by atoms with van der Waals surface area (Å²) in [7, 11) is 4.55. The van der Waals surface area contributed by atoms with Gasteiger partial charge in [-0.2, -0.15) is 0 Å². The van der Waals surface area contributed by atoms with Crippen LogP contribution in [0.4, 0.5) is 10.8 Å². The fourth-order valence-corrected chi connectivity index (χ4v) is 4.26. The van der Waals surface area contributed by atoms with Crippen LogP contribution >= 0.6 is 11.3 Å². The van der Waals surface area contributed by atoms with E-state index in [9.17, 15) is 4.79 Å². The van der Waals surface area contributed by atoms with Crippen LogP contribution in [0.2, 0.25) is 0 Å². The standard InChI is InChI=1S/C21H23N3O5S/c1-26-16-10-13(11-17(27-2)19(16)28-3)20(25)23-21-22-15-5-4-14(12-18(15)30-21)24-6-8-29-9-7-24/h4-5,10-12H,6-9H2,1-3H3,(H,22,23,25). The molecule has 0 aliphatic carbocycles. The van der Waals surface area contributed by atoms with Crippen molar-refractivity contribution in [2.24, 2.45) is 0 Å². The van der Waals surface area contributed by atoms with E-state index in [1.54, 1.807) is 12.1 Å². The molecule has 0 atom stereocenters. The van der Waals surface area contributed by atoms with Crippen LogP contribution in [0.3, 0.4) is 0 Å². The molecule has 0 radical (unpaired) electrons. The Morgan fingerprint density at radius 3 is 2.40 bits per heavy atom. The van der Waals surface area contributed by atoms with Crippen molar-refractivity contribution < 1.29 is 23.7 Å². The fraction of sp³-hybridized carbons (Fsp3) is 0.333. The number of carbonyl (C=O) groups excluding carboxylic acids is 1. The molecule has 0 bridgehead atoms. The zero-order valence-electron chi connectivity index (χ0n) is 17.1. The number of carbonyl (C=O) groups is 1. The van der Waals surface area contributed by atoms with Gasteiger partial charge in [-0.05, 0) is 30.3 Å². The molecule has 1 saturated heterocycles. The molecule has 2 heterocycles. The Kier molecular flexibility index (Phi) is 5.91. The number of rotatable bonds is 6. The van der Waals surface area contributed by atoms with Crippen LogP contribution in [0.1, 0.15) is 10.4 Å². The molecular weight excluding hydrogens is 406 g/mol. The molecule has 1 aromatic heterocycles. The highest BCUT2D eigenvalue weighted by molar-refractivity contribution is 7.22. The lowest BCUT2D eigenvalue weighted by Gasteiger charge is -2.28. The molecule has 9 heteroatoms. The van der Waals surface area contributed by atoms with Crippen LogP contribution in [0, 0.1) is 0 Å². The van der Waals surface area contributed by atoms with Gasteiger partial charge in [0.25, 0.3) is 5.91 Å². The predicted octanol–water partition coefficient (Wildman–Crippen LogP) is 3.41. The number of morpholine rings is 1. The van der Waals surface area contributed by atoms with Crippen molar-refractivity contribution in [1.82, 2.24) is 4.98 Å². The molecule has 0 spiro atoms. The van der Waals surface area contributed by atoms with Gasteiger partial charge in [0.2, 0.25) is 5.75 Å². The Morgan fingerprint density at radius 2 is 1.77 bits per heavy atom. The summed E-state index contributed by atoms with van der Waals surface area (Å²) < 4.78 is 22.4. The molecule has 1 amide bonds. The van der Waals surface area contributed by atoms with Crippen LogP contribution in [-0.4, -0.2) is 58.5 Å². The third-order valence-corrected chi connectivity index (χ3v) is 5.83. The number of nitrogens with one attached hydrogen (secondary N) is 1. The average molecular weight is 429 g/mol. The Balaban J connectivity index is 1.57. The number of methoxy groups -OCH3 is 3. The van der Waals surface area contributed by atoms with Gasteiger partial charge in [-0.3, -0.25) is 10.1 Å². The van der Waals surface area contributed by atoms with Gasteiger partial charge in [0.05, 0.1) is 44.8 Å². The van der Waals surface area contributed by atoms with Gasteiger partial charge in [-0.25, -0.2) is 4.98 Å². The quantitative estimate of drug-likeness (QED) is 0.643. The van der Waals surface area contributed by atoms with Crippen LogP contribution in [0.15, 0.2) is 30.3 Å². The molecule has 158 valence electrons. The predicted molar refractivity (Wildman–Crippen MR) is 117 cm³/mol. The molecule has 0 saturated carbocycles. The third kappa shape index (κ3) is 3.99. The molecule has 3 aromatic rings. The van der Waals surface area contributed by atoms with E-state index < -0.39 is 0 Å². The van der Waals surface area contributed by atoms with Crippen LogP contribution < -0.4 is 24.4 Å². The highest BCUT2D eigenvalue weighted by Crippen LogP contribution is 2.38. The zero-order chi connectivity index (χ0) is 21.1. The molecule has 30 heavy (non-hydrogen) atoms. The molecule has 2 aromatic carbocycles. The molecule has 1 N–H and O–H groups in total. The topological polar surface area (TPSA) is 82.2 Å². The van der Waals surface area contributed by atoms with E-state index in [0.29, 0.717) is 27.9 Å². The molecule has 1 aliphatic heterocycles. The first-order valence-corrected chi connectivity index (χ1v) is 10.3. The Bertz CT molecular complexity index is 1040. The summed E-state index contributed by atoms with van der Waals surface area (Å²) >= 11 is 1.44. The SMILES string of the molecule is COc1cc(C(=O)Nc2nc3ccc(N4CCOCC4)cc3s2)cc(OC)c1OC. The maximum atomic E-state index is 12.8. The summed E-state index contributed by atoms with van der Waals surface area (Å²) in [4.78, 5) is 19.7. The van der Waals surface area contributed by atoms with Gasteiger partial charge >= 0.3 is 0 Å². The van der Waals surface area contributed by atoms with Crippen molar-refractivity contribution in [1.29, 1.82) is 0 Å². The second-order valence-electron chi connectivity index (χ2n) is 6.64. The van der Waals surface area contributed by atoms with E-state index in [1.807, 2.05) is 6.07 Å². The van der Waals surface area contributed by atoms with Crippen molar-refractivity contribution >= 4 is 38.3 Å². The second kappa shape index (κ2) is 8.76. The number of nitrogens with zero attached hydrogens (tertiary/aromatic N) is 2. The lowest BCUT2D eigenvalue weighted by Crippen LogP contribution is -2.36. The minimum absolute atomic E-state index is 0.304. The van der Waals surface area contributed by atoms with Crippen molar-refractivity contribution in [3.63, 3.8) is 0 Å². The Morgan fingerprint density at radius 1 is 1.07 bits per heavy atom. The van der Waals surface area contributed by atoms with Crippen molar-refractivity contribution in [3.05, 3.63) is 35.9 Å². The molecule has 1 aliphatic rings. The van der Waals surface area contributed by atoms with E-state index in [0.717, 1.165) is 42.2 Å². The zero-order valence-corrected chi connectivity index (χ0v) is 17.9. The minimum Gasteiger partial charge on any atom is -0.493 e. The van der Waals surface area contributed by atoms with Crippen molar-refractivity contribution in [3.8, 4) is 17.2 Å². The molecule has 0 unspecified atom stereocenters. The number of benzene rings is 2. The van der Waals surface area contributed by atoms with Gasteiger partial charge in [0, 0.05) is 24.3 Å². The lowest BCUT2D eigenvalue weighted by molar-refractivity contribution is 0.102. The Hall–Kier alpha value is -3.04. The van der Waals surface area contributed by atoms with E-state index in [1.165, 1.54) is 32.7 Å². The first kappa shape index (κ1) is 20.2. The second-order valence-corrected chi connectivity index (χ2v) is 7.67. The minimum atomic E-state index is -0.304. The average Bonchev–Trinajstić information content (AvgIpc) is 3.19. The number of anilines is 2. The molecule has 8 nitrogen and oxygen atoms in total. The smallest absolute Gasteiger partial charge is 0.257 e. The number of aromatic nitrogens is 1. The van der Waals surface area contributed by atoms with Crippen LogP contribution in [0.25, 0.3) is 10.2 Å². The highest BCUT2D eigenvalue weighted by atomic mass is 32.1. The summed E-state index contributed by atoms with van der Waals surface area (Å²) in [6, 6.07) is 9.36. The summed E-state index contributed by atoms with van der Waals surface area (Å²) in [6.07, 6.45) is 0. The van der Waals surface area contributed by atoms with Gasteiger partial charge in [-0.15, -0.1) is 0 Å². The maximum Gasteiger partial charge on any atom is 0.257 e. The summed E-state index contributed by atoms with van der Waals surface area (Å²) in [5.41, 5.74) is 2.37. The van der Waals surface area contributed by atoms with E-state index in [2.05, 4.69) is 27.3 Å². The third-order valence-electron chi connectivity index (χ3n) is 4.90. The number of ether oxygens (including phenoxy) is 4. The highest BCUT2D eigenvalue weighted by Gasteiger charge is 2.18. The summed E-state index contributed by atoms with van der Waals surface area (Å²) in [5.74, 6) is 0.969. The first-order valence-electron chi connectivity index (χ1n) is 9.47. The largest absolute Gasteiger partial charge is 0.493 e. The summed E-state index contributed by atoms with van der Waals surface area (Å²) in [6.45, 7) is 3.21. The van der Waals surface area contributed by atoms with Crippen LogP contribution in [0.5, 0.6) is 17.2 Å². The fourth-order valence-electron chi connectivity index (χ4n) is 3.37. The molecule has 4 rings (SSSR count). The van der Waals surface area contributed by atoms with Gasteiger partial charge in [-0.1, -0.05) is 11.3 Å². The Labute approximate surface area is 178 Å². The van der Waals surface area contributed by atoms with Crippen molar-refractivity contribution in [2.75, 3.05) is 57.8 Å². The van der Waals surface area contributed by atoms with Gasteiger partial charge in [0.15, 0.2) is 16.6 Å². The number of hydrogen-bond donors (Lipinski definition) is 1. The number of amides is 1. The summed E-state index contributed by atoms with van der Waals surface area (Å²) in [5, 5.41) is 3.40. The lowest BCUT2D eigenvalue weighted by atomic mass is 10.1. The van der Waals surface area contributed by atoms with Gasteiger partial charge < -0.3 is 23.8 Å². The van der Waals surface area contributed by atoms with E-state index in [4.69, 9.17) is 18.9 Å². The van der Waals surface area contributed by atoms with Gasteiger partial charge in [0.1, 0.15) is 0 Å². The van der Waals surface area contributed by atoms with E-state index in [-0.39, 0.29) is 5.91 Å². The molecule has 1 fully saturated rings. The van der Waals surface area contributed by atoms with Crippen LogP contribution in [-0.2, 0) is 4.74 Å². The number of hydrogen-bond acceptors (Lipinski definition) is 8. The van der Waals surface area contributed by atoms with Crippen molar-refractivity contribution in [2.45, 2.75) is 0 Å². The number of fused-ring (bicyclic) bond motifs is 1. The first-order chi connectivity index (χ1) is 14.6. The monoisotopic (exact) mass is 429 g/mol. The maximum absolute atomic E-state index is 12.8. The van der Waals surface area contributed by atoms with E-state index >= 15 is 0 Å².